The number of rotatable bonds is 1. The first-order valence-electron chi connectivity index (χ1n) is 4.22. The zero-order chi connectivity index (χ0) is 10.3. The average Bonchev–Trinajstić information content (AvgIpc) is 2.42. The molecule has 0 saturated heterocycles. The van der Waals surface area contributed by atoms with E-state index >= 15 is 0 Å². The van der Waals surface area contributed by atoms with E-state index in [9.17, 15) is 4.79 Å². The van der Waals surface area contributed by atoms with Crippen LogP contribution >= 0.6 is 11.6 Å². The molecule has 0 amide bonds. The minimum atomic E-state index is -1.15. The van der Waals surface area contributed by atoms with Crippen molar-refractivity contribution in [2.45, 2.75) is 18.9 Å². The molecule has 1 atom stereocenters. The molecular weight excluding hydrogens is 204 g/mol. The Balaban J connectivity index is 2.39. The number of benzene rings is 1. The van der Waals surface area contributed by atoms with Gasteiger partial charge in [0.1, 0.15) is 5.75 Å². The van der Waals surface area contributed by atoms with Gasteiger partial charge in [0.15, 0.2) is 0 Å². The number of ether oxygens (including phenoxy) is 1. The van der Waals surface area contributed by atoms with E-state index < -0.39 is 11.6 Å². The molecule has 1 aromatic rings. The van der Waals surface area contributed by atoms with Gasteiger partial charge in [-0.1, -0.05) is 17.7 Å². The lowest BCUT2D eigenvalue weighted by Crippen LogP contribution is -2.39. The third-order valence-electron chi connectivity index (χ3n) is 2.34. The van der Waals surface area contributed by atoms with Gasteiger partial charge in [-0.25, -0.2) is 4.79 Å². The molecule has 74 valence electrons. The molecule has 1 aromatic carbocycles. The molecule has 1 N–H and O–H groups in total. The predicted octanol–water partition coefficient (Wildman–Crippen LogP) is 2.12. The molecule has 0 saturated carbocycles. The van der Waals surface area contributed by atoms with Crippen molar-refractivity contribution in [3.05, 3.63) is 28.8 Å². The highest BCUT2D eigenvalue weighted by atomic mass is 35.5. The molecule has 1 aliphatic heterocycles. The number of hydrogen-bond acceptors (Lipinski definition) is 2. The molecular formula is C10H9ClO3. The third-order valence-corrected chi connectivity index (χ3v) is 2.58. The van der Waals surface area contributed by atoms with Crippen LogP contribution in [0, 0.1) is 0 Å². The van der Waals surface area contributed by atoms with Crippen molar-refractivity contribution in [1.82, 2.24) is 0 Å². The standard InChI is InChI=1S/C10H9ClO3/c1-10(9(12)13)5-6-2-3-7(11)4-8(6)14-10/h2-4H,5H2,1H3,(H,12,13). The third kappa shape index (κ3) is 1.34. The number of hydrogen-bond donors (Lipinski definition) is 1. The summed E-state index contributed by atoms with van der Waals surface area (Å²) in [6.07, 6.45) is 0.384. The minimum Gasteiger partial charge on any atom is -0.478 e. The lowest BCUT2D eigenvalue weighted by atomic mass is 10.00. The highest BCUT2D eigenvalue weighted by Crippen LogP contribution is 2.36. The van der Waals surface area contributed by atoms with Gasteiger partial charge >= 0.3 is 5.97 Å². The second kappa shape index (κ2) is 2.89. The van der Waals surface area contributed by atoms with Crippen LogP contribution in [0.4, 0.5) is 0 Å². The Morgan fingerprint density at radius 3 is 3.00 bits per heavy atom. The smallest absolute Gasteiger partial charge is 0.348 e. The van der Waals surface area contributed by atoms with E-state index in [1.54, 1.807) is 25.1 Å². The minimum absolute atomic E-state index is 0.384. The normalized spacial score (nSPS) is 24.1. The molecule has 4 heteroatoms. The lowest BCUT2D eigenvalue weighted by Gasteiger charge is -2.17. The van der Waals surface area contributed by atoms with Gasteiger partial charge in [0.25, 0.3) is 0 Å². The molecule has 3 nitrogen and oxygen atoms in total. The van der Waals surface area contributed by atoms with Gasteiger partial charge in [-0.3, -0.25) is 0 Å². The Morgan fingerprint density at radius 2 is 2.36 bits per heavy atom. The van der Waals surface area contributed by atoms with Crippen molar-refractivity contribution in [2.24, 2.45) is 0 Å². The maximum atomic E-state index is 10.9. The van der Waals surface area contributed by atoms with Crippen LogP contribution in [0.5, 0.6) is 5.75 Å². The lowest BCUT2D eigenvalue weighted by molar-refractivity contribution is -0.152. The molecule has 2 rings (SSSR count). The van der Waals surface area contributed by atoms with E-state index in [0.29, 0.717) is 17.2 Å². The number of carboxylic acid groups (broad SMARTS) is 1. The first-order chi connectivity index (χ1) is 6.51. The summed E-state index contributed by atoms with van der Waals surface area (Å²) in [6, 6.07) is 5.17. The zero-order valence-corrected chi connectivity index (χ0v) is 8.34. The molecule has 1 unspecified atom stereocenters. The largest absolute Gasteiger partial charge is 0.478 e. The fourth-order valence-corrected chi connectivity index (χ4v) is 1.69. The number of carbonyl (C=O) groups is 1. The van der Waals surface area contributed by atoms with Gasteiger partial charge in [-0.15, -0.1) is 0 Å². The molecule has 0 spiro atoms. The summed E-state index contributed by atoms with van der Waals surface area (Å²) in [6.45, 7) is 1.56. The van der Waals surface area contributed by atoms with Crippen LogP contribution in [0.25, 0.3) is 0 Å². The molecule has 0 radical (unpaired) electrons. The highest BCUT2D eigenvalue weighted by Gasteiger charge is 2.41. The van der Waals surface area contributed by atoms with Gasteiger partial charge in [0.05, 0.1) is 0 Å². The van der Waals surface area contributed by atoms with E-state index in [0.717, 1.165) is 5.56 Å². The zero-order valence-electron chi connectivity index (χ0n) is 7.58. The summed E-state index contributed by atoms with van der Waals surface area (Å²) < 4.78 is 5.35. The van der Waals surface area contributed by atoms with Crippen LogP contribution in [-0.2, 0) is 11.2 Å². The maximum Gasteiger partial charge on any atom is 0.348 e. The van der Waals surface area contributed by atoms with Gasteiger partial charge in [-0.2, -0.15) is 0 Å². The second-order valence-electron chi connectivity index (χ2n) is 3.57. The van der Waals surface area contributed by atoms with Gasteiger partial charge < -0.3 is 9.84 Å². The predicted molar refractivity (Wildman–Crippen MR) is 51.8 cm³/mol. The Morgan fingerprint density at radius 1 is 1.64 bits per heavy atom. The second-order valence-corrected chi connectivity index (χ2v) is 4.00. The molecule has 0 aromatic heterocycles. The van der Waals surface area contributed by atoms with Crippen molar-refractivity contribution in [1.29, 1.82) is 0 Å². The highest BCUT2D eigenvalue weighted by molar-refractivity contribution is 6.30. The van der Waals surface area contributed by atoms with Crippen molar-refractivity contribution in [3.63, 3.8) is 0 Å². The van der Waals surface area contributed by atoms with E-state index in [1.807, 2.05) is 0 Å². The van der Waals surface area contributed by atoms with Crippen molar-refractivity contribution in [2.75, 3.05) is 0 Å². The van der Waals surface area contributed by atoms with E-state index in [1.165, 1.54) is 0 Å². The number of fused-ring (bicyclic) bond motifs is 1. The molecule has 1 aliphatic rings. The topological polar surface area (TPSA) is 46.5 Å². The first kappa shape index (κ1) is 9.34. The van der Waals surface area contributed by atoms with Crippen LogP contribution in [0.1, 0.15) is 12.5 Å². The summed E-state index contributed by atoms with van der Waals surface area (Å²) in [4.78, 5) is 10.9. The van der Waals surface area contributed by atoms with Gasteiger partial charge in [0, 0.05) is 11.4 Å². The molecule has 1 heterocycles. The monoisotopic (exact) mass is 212 g/mol. The summed E-state index contributed by atoms with van der Waals surface area (Å²) >= 11 is 5.77. The summed E-state index contributed by atoms with van der Waals surface area (Å²) in [5, 5.41) is 9.51. The van der Waals surface area contributed by atoms with Crippen LogP contribution in [0.2, 0.25) is 5.02 Å². The maximum absolute atomic E-state index is 10.9. The number of carboxylic acids is 1. The summed E-state index contributed by atoms with van der Waals surface area (Å²) in [5.41, 5.74) is -0.258. The van der Waals surface area contributed by atoms with Crippen LogP contribution in [0.3, 0.4) is 0 Å². The Hall–Kier alpha value is -1.22. The molecule has 0 bridgehead atoms. The van der Waals surface area contributed by atoms with Crippen LogP contribution in [-0.4, -0.2) is 16.7 Å². The van der Waals surface area contributed by atoms with E-state index in [2.05, 4.69) is 0 Å². The van der Waals surface area contributed by atoms with E-state index in [4.69, 9.17) is 21.4 Å². The van der Waals surface area contributed by atoms with Crippen LogP contribution in [0.15, 0.2) is 18.2 Å². The van der Waals surface area contributed by atoms with Crippen molar-refractivity contribution < 1.29 is 14.6 Å². The van der Waals surface area contributed by atoms with Crippen LogP contribution < -0.4 is 4.74 Å². The van der Waals surface area contributed by atoms with E-state index in [-0.39, 0.29) is 0 Å². The summed E-state index contributed by atoms with van der Waals surface area (Å²) in [5.74, 6) is -0.382. The van der Waals surface area contributed by atoms with Gasteiger partial charge in [0.2, 0.25) is 5.60 Å². The Kier molecular flexibility index (Phi) is 1.93. The fraction of sp³-hybridized carbons (Fsp3) is 0.300. The van der Waals surface area contributed by atoms with Crippen molar-refractivity contribution in [3.8, 4) is 5.75 Å². The number of halogens is 1. The average molecular weight is 213 g/mol. The molecule has 0 fully saturated rings. The SMILES string of the molecule is CC1(C(=O)O)Cc2ccc(Cl)cc2O1. The quantitative estimate of drug-likeness (QED) is 0.776. The molecule has 0 aliphatic carbocycles. The van der Waals surface area contributed by atoms with Gasteiger partial charge in [-0.05, 0) is 24.6 Å². The number of aliphatic carboxylic acids is 1. The Bertz CT molecular complexity index is 402. The summed E-state index contributed by atoms with van der Waals surface area (Å²) in [7, 11) is 0. The van der Waals surface area contributed by atoms with Crippen molar-refractivity contribution >= 4 is 17.6 Å². The molecule has 14 heavy (non-hydrogen) atoms. The first-order valence-corrected chi connectivity index (χ1v) is 4.60. The Labute approximate surface area is 86.3 Å². The fourth-order valence-electron chi connectivity index (χ4n) is 1.53.